The molecule has 1 heterocycles. The SMILES string of the molecule is CC(C)Oc1ccc(/C(O)=C2\C(=O)C(=O)N(c3cccc(Cl)c3)C2c2ccc(F)cc2)cc1. The number of anilines is 1. The summed E-state index contributed by atoms with van der Waals surface area (Å²) in [7, 11) is 0. The highest BCUT2D eigenvalue weighted by Crippen LogP contribution is 2.42. The van der Waals surface area contributed by atoms with Gasteiger partial charge in [-0.2, -0.15) is 0 Å². The predicted molar refractivity (Wildman–Crippen MR) is 125 cm³/mol. The van der Waals surface area contributed by atoms with E-state index in [1.54, 1.807) is 48.5 Å². The van der Waals surface area contributed by atoms with E-state index in [9.17, 15) is 19.1 Å². The zero-order chi connectivity index (χ0) is 23.7. The van der Waals surface area contributed by atoms with Crippen LogP contribution in [0.15, 0.2) is 78.4 Å². The number of carbonyl (C=O) groups is 2. The third kappa shape index (κ3) is 4.47. The molecule has 1 unspecified atom stereocenters. The molecule has 168 valence electrons. The van der Waals surface area contributed by atoms with Crippen molar-refractivity contribution in [3.63, 3.8) is 0 Å². The minimum atomic E-state index is -0.962. The van der Waals surface area contributed by atoms with Crippen molar-refractivity contribution in [1.29, 1.82) is 0 Å². The molecule has 1 aliphatic rings. The van der Waals surface area contributed by atoms with Crippen LogP contribution >= 0.6 is 11.6 Å². The van der Waals surface area contributed by atoms with Gasteiger partial charge in [-0.05, 0) is 74.0 Å². The van der Waals surface area contributed by atoms with E-state index in [0.717, 1.165) is 0 Å². The number of ether oxygens (including phenoxy) is 1. The van der Waals surface area contributed by atoms with E-state index in [4.69, 9.17) is 16.3 Å². The quantitative estimate of drug-likeness (QED) is 0.290. The highest BCUT2D eigenvalue weighted by atomic mass is 35.5. The standard InChI is InChI=1S/C26H21ClFNO4/c1-15(2)33-21-12-8-17(9-13-21)24(30)22-23(16-6-10-19(28)11-7-16)29(26(32)25(22)31)20-5-3-4-18(27)14-20/h3-15,23,30H,1-2H3/b24-22+. The van der Waals surface area contributed by atoms with Crippen molar-refractivity contribution in [2.45, 2.75) is 26.0 Å². The van der Waals surface area contributed by atoms with Gasteiger partial charge < -0.3 is 9.84 Å². The van der Waals surface area contributed by atoms with Crippen molar-refractivity contribution in [3.8, 4) is 5.75 Å². The van der Waals surface area contributed by atoms with Crippen LogP contribution in [0.1, 0.15) is 31.0 Å². The first kappa shape index (κ1) is 22.6. The Labute approximate surface area is 195 Å². The second-order valence-corrected chi connectivity index (χ2v) is 8.33. The lowest BCUT2D eigenvalue weighted by Gasteiger charge is -2.25. The maximum Gasteiger partial charge on any atom is 0.300 e. The van der Waals surface area contributed by atoms with Crippen LogP contribution in [0.2, 0.25) is 5.02 Å². The fraction of sp³-hybridized carbons (Fsp3) is 0.154. The summed E-state index contributed by atoms with van der Waals surface area (Å²) in [6.07, 6.45) is -0.0223. The minimum Gasteiger partial charge on any atom is -0.507 e. The first-order chi connectivity index (χ1) is 15.8. The van der Waals surface area contributed by atoms with Crippen LogP contribution < -0.4 is 9.64 Å². The van der Waals surface area contributed by atoms with Gasteiger partial charge in [0.15, 0.2) is 0 Å². The van der Waals surface area contributed by atoms with Gasteiger partial charge in [0.2, 0.25) is 0 Å². The molecule has 33 heavy (non-hydrogen) atoms. The summed E-state index contributed by atoms with van der Waals surface area (Å²) in [4.78, 5) is 27.5. The average Bonchev–Trinajstić information content (AvgIpc) is 3.04. The molecule has 0 radical (unpaired) electrons. The van der Waals surface area contributed by atoms with E-state index >= 15 is 0 Å². The van der Waals surface area contributed by atoms with Gasteiger partial charge in [-0.15, -0.1) is 0 Å². The number of benzene rings is 3. The Morgan fingerprint density at radius 3 is 2.30 bits per heavy atom. The Morgan fingerprint density at radius 2 is 1.70 bits per heavy atom. The van der Waals surface area contributed by atoms with E-state index in [-0.39, 0.29) is 17.4 Å². The second kappa shape index (κ2) is 9.08. The van der Waals surface area contributed by atoms with Crippen LogP contribution in [0.3, 0.4) is 0 Å². The van der Waals surface area contributed by atoms with Crippen LogP contribution in [0.25, 0.3) is 5.76 Å². The summed E-state index contributed by atoms with van der Waals surface area (Å²) in [6, 6.07) is 17.6. The lowest BCUT2D eigenvalue weighted by Crippen LogP contribution is -2.29. The highest BCUT2D eigenvalue weighted by molar-refractivity contribution is 6.51. The van der Waals surface area contributed by atoms with Crippen molar-refractivity contribution < 1.29 is 23.8 Å². The molecule has 1 aliphatic heterocycles. The maximum absolute atomic E-state index is 13.6. The number of aliphatic hydroxyl groups is 1. The first-order valence-electron chi connectivity index (χ1n) is 10.4. The Morgan fingerprint density at radius 1 is 1.03 bits per heavy atom. The number of nitrogens with zero attached hydrogens (tertiary/aromatic N) is 1. The summed E-state index contributed by atoms with van der Waals surface area (Å²) in [5.41, 5.74) is 1.11. The minimum absolute atomic E-state index is 0.0223. The van der Waals surface area contributed by atoms with Crippen molar-refractivity contribution in [3.05, 3.63) is 100 Å². The number of aliphatic hydroxyl groups excluding tert-OH is 1. The lowest BCUT2D eigenvalue weighted by molar-refractivity contribution is -0.132. The molecule has 0 bridgehead atoms. The monoisotopic (exact) mass is 465 g/mol. The largest absolute Gasteiger partial charge is 0.507 e. The molecule has 3 aromatic carbocycles. The number of carbonyl (C=O) groups excluding carboxylic acids is 2. The summed E-state index contributed by atoms with van der Waals surface area (Å²) < 4.78 is 19.2. The number of hydrogen-bond donors (Lipinski definition) is 1. The molecule has 5 nitrogen and oxygen atoms in total. The molecule has 1 N–H and O–H groups in total. The van der Waals surface area contributed by atoms with Gasteiger partial charge in [0, 0.05) is 16.3 Å². The summed E-state index contributed by atoms with van der Waals surface area (Å²) in [5.74, 6) is -1.84. The number of amides is 1. The second-order valence-electron chi connectivity index (χ2n) is 7.89. The first-order valence-corrected chi connectivity index (χ1v) is 10.7. The van der Waals surface area contributed by atoms with E-state index < -0.39 is 23.5 Å². The molecule has 1 saturated heterocycles. The maximum atomic E-state index is 13.6. The van der Waals surface area contributed by atoms with Gasteiger partial charge in [0.05, 0.1) is 17.7 Å². The third-order valence-corrected chi connectivity index (χ3v) is 5.45. The number of ketones is 1. The molecular weight excluding hydrogens is 445 g/mol. The summed E-state index contributed by atoms with van der Waals surface area (Å²) in [6.45, 7) is 3.79. The molecule has 0 aliphatic carbocycles. The molecule has 4 rings (SSSR count). The lowest BCUT2D eigenvalue weighted by atomic mass is 9.95. The summed E-state index contributed by atoms with van der Waals surface area (Å²) in [5, 5.41) is 11.5. The molecule has 0 spiro atoms. The molecule has 0 saturated carbocycles. The molecule has 3 aromatic rings. The Hall–Kier alpha value is -3.64. The fourth-order valence-electron chi connectivity index (χ4n) is 3.80. The van der Waals surface area contributed by atoms with Crippen molar-refractivity contribution in [2.75, 3.05) is 4.90 Å². The van der Waals surface area contributed by atoms with E-state index in [1.807, 2.05) is 13.8 Å². The van der Waals surface area contributed by atoms with Crippen LogP contribution in [0.5, 0.6) is 5.75 Å². The fourth-order valence-corrected chi connectivity index (χ4v) is 3.99. The Bertz CT molecular complexity index is 1240. The number of rotatable bonds is 5. The van der Waals surface area contributed by atoms with E-state index in [2.05, 4.69) is 0 Å². The zero-order valence-electron chi connectivity index (χ0n) is 18.0. The molecule has 1 fully saturated rings. The highest BCUT2D eigenvalue weighted by Gasteiger charge is 2.47. The van der Waals surface area contributed by atoms with Crippen molar-refractivity contribution >= 4 is 34.7 Å². The predicted octanol–water partition coefficient (Wildman–Crippen LogP) is 5.89. The topological polar surface area (TPSA) is 66.8 Å². The normalized spacial score (nSPS) is 17.6. The molecular formula is C26H21ClFNO4. The van der Waals surface area contributed by atoms with Crippen LogP contribution in [-0.4, -0.2) is 22.9 Å². The van der Waals surface area contributed by atoms with Gasteiger partial charge in [-0.1, -0.05) is 29.8 Å². The van der Waals surface area contributed by atoms with Gasteiger partial charge in [-0.3, -0.25) is 14.5 Å². The number of Topliss-reactive ketones (excluding diaryl/α,β-unsaturated/α-hetero) is 1. The van der Waals surface area contributed by atoms with Gasteiger partial charge in [0.1, 0.15) is 17.3 Å². The number of halogens is 2. The van der Waals surface area contributed by atoms with E-state index in [0.29, 0.717) is 27.6 Å². The van der Waals surface area contributed by atoms with Gasteiger partial charge in [0.25, 0.3) is 11.7 Å². The average molecular weight is 466 g/mol. The van der Waals surface area contributed by atoms with Crippen molar-refractivity contribution in [1.82, 2.24) is 0 Å². The van der Waals surface area contributed by atoms with E-state index in [1.165, 1.54) is 29.2 Å². The van der Waals surface area contributed by atoms with Gasteiger partial charge >= 0.3 is 0 Å². The van der Waals surface area contributed by atoms with Crippen LogP contribution in [0.4, 0.5) is 10.1 Å². The molecule has 1 atom stereocenters. The van der Waals surface area contributed by atoms with Gasteiger partial charge in [-0.25, -0.2) is 4.39 Å². The number of hydrogen-bond acceptors (Lipinski definition) is 4. The van der Waals surface area contributed by atoms with Crippen LogP contribution in [0, 0.1) is 5.82 Å². The van der Waals surface area contributed by atoms with Crippen LogP contribution in [-0.2, 0) is 9.59 Å². The molecule has 7 heteroatoms. The van der Waals surface area contributed by atoms with Crippen molar-refractivity contribution in [2.24, 2.45) is 0 Å². The third-order valence-electron chi connectivity index (χ3n) is 5.22. The Kier molecular flexibility index (Phi) is 6.20. The smallest absolute Gasteiger partial charge is 0.300 e. The summed E-state index contributed by atoms with van der Waals surface area (Å²) >= 11 is 6.12. The molecule has 1 amide bonds. The molecule has 0 aromatic heterocycles. The Balaban J connectivity index is 1.86. The zero-order valence-corrected chi connectivity index (χ0v) is 18.7.